The summed E-state index contributed by atoms with van der Waals surface area (Å²) in [5.41, 5.74) is 2.03. The predicted octanol–water partition coefficient (Wildman–Crippen LogP) is 2.14. The highest BCUT2D eigenvalue weighted by atomic mass is 16.5. The van der Waals surface area contributed by atoms with Crippen molar-refractivity contribution in [3.63, 3.8) is 0 Å². The molecule has 1 heterocycles. The van der Waals surface area contributed by atoms with Crippen LogP contribution in [0.1, 0.15) is 0 Å². The molecule has 0 fully saturated rings. The van der Waals surface area contributed by atoms with E-state index in [9.17, 15) is 0 Å². The van der Waals surface area contributed by atoms with Crippen LogP contribution in [0.5, 0.6) is 5.75 Å². The van der Waals surface area contributed by atoms with Crippen molar-refractivity contribution in [2.45, 2.75) is 0 Å². The standard InChI is InChI=1S/C12H15N3O/c1-13-10-8-9(4-5-11(10)16-3)12-14-6-7-15(12)2/h4-8,13H,1-3H3. The van der Waals surface area contributed by atoms with Gasteiger partial charge in [-0.05, 0) is 18.2 Å². The number of hydrogen-bond acceptors (Lipinski definition) is 3. The molecule has 4 heteroatoms. The zero-order valence-corrected chi connectivity index (χ0v) is 9.69. The normalized spacial score (nSPS) is 10.2. The molecule has 0 saturated carbocycles. The van der Waals surface area contributed by atoms with Gasteiger partial charge in [0.1, 0.15) is 11.6 Å². The van der Waals surface area contributed by atoms with Crippen molar-refractivity contribution in [2.24, 2.45) is 7.05 Å². The summed E-state index contributed by atoms with van der Waals surface area (Å²) >= 11 is 0. The Labute approximate surface area is 94.9 Å². The molecule has 1 aromatic heterocycles. The Balaban J connectivity index is 2.48. The van der Waals surface area contributed by atoms with E-state index >= 15 is 0 Å². The lowest BCUT2D eigenvalue weighted by Gasteiger charge is -2.10. The van der Waals surface area contributed by atoms with Gasteiger partial charge in [-0.2, -0.15) is 0 Å². The van der Waals surface area contributed by atoms with Crippen LogP contribution in [0.15, 0.2) is 30.6 Å². The second-order valence-electron chi connectivity index (χ2n) is 3.53. The second-order valence-corrected chi connectivity index (χ2v) is 3.53. The minimum Gasteiger partial charge on any atom is -0.495 e. The highest BCUT2D eigenvalue weighted by Crippen LogP contribution is 2.29. The van der Waals surface area contributed by atoms with E-state index in [-0.39, 0.29) is 0 Å². The number of ether oxygens (including phenoxy) is 1. The quantitative estimate of drug-likeness (QED) is 0.856. The first-order valence-corrected chi connectivity index (χ1v) is 5.09. The van der Waals surface area contributed by atoms with Gasteiger partial charge in [0.05, 0.1) is 12.8 Å². The molecule has 1 N–H and O–H groups in total. The van der Waals surface area contributed by atoms with E-state index in [0.717, 1.165) is 22.8 Å². The van der Waals surface area contributed by atoms with Crippen LogP contribution in [0.2, 0.25) is 0 Å². The Morgan fingerprint density at radius 1 is 1.38 bits per heavy atom. The highest BCUT2D eigenvalue weighted by molar-refractivity contribution is 5.68. The lowest BCUT2D eigenvalue weighted by Crippen LogP contribution is -1.96. The summed E-state index contributed by atoms with van der Waals surface area (Å²) in [6, 6.07) is 5.97. The molecule has 1 aromatic carbocycles. The molecule has 0 radical (unpaired) electrons. The summed E-state index contributed by atoms with van der Waals surface area (Å²) in [6.07, 6.45) is 3.72. The van der Waals surface area contributed by atoms with Gasteiger partial charge in [-0.25, -0.2) is 4.98 Å². The van der Waals surface area contributed by atoms with Crippen molar-refractivity contribution >= 4 is 5.69 Å². The second kappa shape index (κ2) is 4.26. The number of imidazole rings is 1. The topological polar surface area (TPSA) is 39.1 Å². The number of nitrogens with zero attached hydrogens (tertiary/aromatic N) is 2. The fourth-order valence-electron chi connectivity index (χ4n) is 1.69. The first-order chi connectivity index (χ1) is 7.76. The number of aryl methyl sites for hydroxylation is 1. The molecule has 2 rings (SSSR count). The van der Waals surface area contributed by atoms with Crippen LogP contribution in [-0.4, -0.2) is 23.7 Å². The van der Waals surface area contributed by atoms with Crippen molar-refractivity contribution in [2.75, 3.05) is 19.5 Å². The summed E-state index contributed by atoms with van der Waals surface area (Å²) in [7, 11) is 5.52. The van der Waals surface area contributed by atoms with Gasteiger partial charge in [0, 0.05) is 32.1 Å². The molecule has 84 valence electrons. The molecule has 0 aliphatic rings. The van der Waals surface area contributed by atoms with Crippen LogP contribution in [0, 0.1) is 0 Å². The lowest BCUT2D eigenvalue weighted by atomic mass is 10.1. The number of methoxy groups -OCH3 is 1. The molecule has 0 bridgehead atoms. The molecule has 0 unspecified atom stereocenters. The lowest BCUT2D eigenvalue weighted by molar-refractivity contribution is 0.416. The number of anilines is 1. The van der Waals surface area contributed by atoms with Gasteiger partial charge in [0.2, 0.25) is 0 Å². The van der Waals surface area contributed by atoms with Gasteiger partial charge in [-0.3, -0.25) is 0 Å². The van der Waals surface area contributed by atoms with E-state index < -0.39 is 0 Å². The van der Waals surface area contributed by atoms with Gasteiger partial charge in [-0.15, -0.1) is 0 Å². The maximum absolute atomic E-state index is 5.25. The SMILES string of the molecule is CNc1cc(-c2nccn2C)ccc1OC. The maximum atomic E-state index is 5.25. The van der Waals surface area contributed by atoms with Crippen molar-refractivity contribution in [1.29, 1.82) is 0 Å². The van der Waals surface area contributed by atoms with Crippen LogP contribution in [0.4, 0.5) is 5.69 Å². The van der Waals surface area contributed by atoms with Crippen molar-refractivity contribution in [3.05, 3.63) is 30.6 Å². The number of rotatable bonds is 3. The largest absolute Gasteiger partial charge is 0.495 e. The van der Waals surface area contributed by atoms with E-state index in [2.05, 4.69) is 10.3 Å². The summed E-state index contributed by atoms with van der Waals surface area (Å²) in [6.45, 7) is 0. The van der Waals surface area contributed by atoms with Crippen LogP contribution in [0.3, 0.4) is 0 Å². The van der Waals surface area contributed by atoms with E-state index in [1.165, 1.54) is 0 Å². The Morgan fingerprint density at radius 2 is 2.19 bits per heavy atom. The van der Waals surface area contributed by atoms with Crippen LogP contribution < -0.4 is 10.1 Å². The summed E-state index contributed by atoms with van der Waals surface area (Å²) in [5, 5.41) is 3.11. The van der Waals surface area contributed by atoms with E-state index in [1.54, 1.807) is 13.3 Å². The number of aromatic nitrogens is 2. The van der Waals surface area contributed by atoms with Gasteiger partial charge < -0.3 is 14.6 Å². The highest BCUT2D eigenvalue weighted by Gasteiger charge is 2.07. The summed E-state index contributed by atoms with van der Waals surface area (Å²) < 4.78 is 7.24. The molecule has 0 aliphatic carbocycles. The number of hydrogen-bond donors (Lipinski definition) is 1. The molecule has 4 nitrogen and oxygen atoms in total. The Hall–Kier alpha value is -1.97. The van der Waals surface area contributed by atoms with Gasteiger partial charge in [0.15, 0.2) is 0 Å². The minimum atomic E-state index is 0.834. The fourth-order valence-corrected chi connectivity index (χ4v) is 1.69. The monoisotopic (exact) mass is 217 g/mol. The molecular formula is C12H15N3O. The zero-order chi connectivity index (χ0) is 11.5. The third kappa shape index (κ3) is 1.74. The molecular weight excluding hydrogens is 202 g/mol. The average Bonchev–Trinajstić information content (AvgIpc) is 2.74. The van der Waals surface area contributed by atoms with Crippen LogP contribution >= 0.6 is 0 Å². The van der Waals surface area contributed by atoms with E-state index in [0.29, 0.717) is 0 Å². The average molecular weight is 217 g/mol. The van der Waals surface area contributed by atoms with Crippen molar-refractivity contribution < 1.29 is 4.74 Å². The van der Waals surface area contributed by atoms with Gasteiger partial charge in [-0.1, -0.05) is 0 Å². The van der Waals surface area contributed by atoms with Gasteiger partial charge in [0.25, 0.3) is 0 Å². The summed E-state index contributed by atoms with van der Waals surface area (Å²) in [4.78, 5) is 4.31. The molecule has 0 aliphatic heterocycles. The third-order valence-electron chi connectivity index (χ3n) is 2.55. The van der Waals surface area contributed by atoms with Gasteiger partial charge >= 0.3 is 0 Å². The van der Waals surface area contributed by atoms with E-state index in [4.69, 9.17) is 4.74 Å². The van der Waals surface area contributed by atoms with Crippen LogP contribution in [0.25, 0.3) is 11.4 Å². The zero-order valence-electron chi connectivity index (χ0n) is 9.69. The molecule has 0 atom stereocenters. The Bertz CT molecular complexity index is 491. The molecule has 0 saturated heterocycles. The Kier molecular flexibility index (Phi) is 2.81. The molecule has 2 aromatic rings. The summed E-state index contributed by atoms with van der Waals surface area (Å²) in [5.74, 6) is 1.78. The maximum Gasteiger partial charge on any atom is 0.141 e. The Morgan fingerprint density at radius 3 is 2.75 bits per heavy atom. The number of nitrogens with one attached hydrogen (secondary N) is 1. The third-order valence-corrected chi connectivity index (χ3v) is 2.55. The van der Waals surface area contributed by atoms with Crippen molar-refractivity contribution in [1.82, 2.24) is 9.55 Å². The van der Waals surface area contributed by atoms with Crippen molar-refractivity contribution in [3.8, 4) is 17.1 Å². The number of benzene rings is 1. The van der Waals surface area contributed by atoms with E-state index in [1.807, 2.05) is 43.1 Å². The molecule has 16 heavy (non-hydrogen) atoms. The smallest absolute Gasteiger partial charge is 0.141 e. The van der Waals surface area contributed by atoms with Crippen LogP contribution in [-0.2, 0) is 7.05 Å². The first-order valence-electron chi connectivity index (χ1n) is 5.09. The first kappa shape index (κ1) is 10.5. The predicted molar refractivity (Wildman–Crippen MR) is 64.7 cm³/mol. The fraction of sp³-hybridized carbons (Fsp3) is 0.250. The molecule has 0 spiro atoms. The minimum absolute atomic E-state index is 0.834. The molecule has 0 amide bonds.